The van der Waals surface area contributed by atoms with Gasteiger partial charge in [0.25, 0.3) is 0 Å². The van der Waals surface area contributed by atoms with Gasteiger partial charge in [-0.2, -0.15) is 0 Å². The van der Waals surface area contributed by atoms with Crippen molar-refractivity contribution in [1.29, 1.82) is 0 Å². The first kappa shape index (κ1) is 26.8. The molecule has 0 aromatic heterocycles. The molecular formula is C26H46O2. The summed E-state index contributed by atoms with van der Waals surface area (Å²) < 4.78 is 4.58. The molecule has 28 heavy (non-hydrogen) atoms. The number of allylic oxidation sites excluding steroid dienone is 2. The van der Waals surface area contributed by atoms with Gasteiger partial charge in [0.1, 0.15) is 0 Å². The molecule has 0 N–H and O–H groups in total. The van der Waals surface area contributed by atoms with Crippen molar-refractivity contribution in [2.24, 2.45) is 0 Å². The van der Waals surface area contributed by atoms with Crippen molar-refractivity contribution in [2.45, 2.75) is 129 Å². The van der Waals surface area contributed by atoms with Crippen molar-refractivity contribution in [2.75, 3.05) is 7.11 Å². The molecule has 0 bridgehead atoms. The van der Waals surface area contributed by atoms with Crippen LogP contribution in [-0.2, 0) is 9.53 Å². The smallest absolute Gasteiger partial charge is 0.306 e. The Labute approximate surface area is 175 Å². The van der Waals surface area contributed by atoms with Gasteiger partial charge in [0.15, 0.2) is 0 Å². The zero-order valence-electron chi connectivity index (χ0n) is 18.9. The minimum atomic E-state index is -0.178. The number of hydrogen-bond donors (Lipinski definition) is 0. The highest BCUT2D eigenvalue weighted by Crippen LogP contribution is 2.13. The number of ether oxygens (including phenoxy) is 1. The molecule has 0 saturated heterocycles. The van der Waals surface area contributed by atoms with E-state index in [1.807, 2.05) is 0 Å². The number of carbonyl (C=O) groups excluding carboxylic acids is 1. The first-order chi connectivity index (χ1) is 13.8. The number of rotatable bonds is 19. The zero-order chi connectivity index (χ0) is 20.5. The maximum Gasteiger partial charge on any atom is 0.306 e. The molecule has 0 unspecified atom stereocenters. The molecular weight excluding hydrogens is 344 g/mol. The molecule has 0 saturated carbocycles. The molecule has 0 radical (unpaired) electrons. The zero-order valence-corrected chi connectivity index (χ0v) is 18.9. The lowest BCUT2D eigenvalue weighted by Gasteiger charge is -2.02. The topological polar surface area (TPSA) is 26.3 Å². The second-order valence-electron chi connectivity index (χ2n) is 7.82. The second-order valence-corrected chi connectivity index (χ2v) is 7.82. The van der Waals surface area contributed by atoms with E-state index in [0.29, 0.717) is 12.8 Å². The lowest BCUT2D eigenvalue weighted by Crippen LogP contribution is -1.98. The molecule has 0 aliphatic rings. The predicted molar refractivity (Wildman–Crippen MR) is 122 cm³/mol. The lowest BCUT2D eigenvalue weighted by atomic mass is 10.0. The molecule has 0 aromatic rings. The molecule has 2 heteroatoms. The quantitative estimate of drug-likeness (QED) is 0.0962. The van der Waals surface area contributed by atoms with Gasteiger partial charge >= 0.3 is 5.97 Å². The van der Waals surface area contributed by atoms with E-state index in [0.717, 1.165) is 12.8 Å². The maximum atomic E-state index is 10.9. The van der Waals surface area contributed by atoms with Crippen LogP contribution >= 0.6 is 0 Å². The fourth-order valence-corrected chi connectivity index (χ4v) is 3.29. The Kier molecular flexibility index (Phi) is 22.8. The van der Waals surface area contributed by atoms with Gasteiger partial charge < -0.3 is 4.74 Å². The summed E-state index contributed by atoms with van der Waals surface area (Å²) in [6.45, 7) is 2.29. The highest BCUT2D eigenvalue weighted by molar-refractivity contribution is 5.69. The van der Waals surface area contributed by atoms with Gasteiger partial charge in [-0.3, -0.25) is 4.79 Å². The van der Waals surface area contributed by atoms with Crippen LogP contribution in [0.5, 0.6) is 0 Å². The standard InChI is InChI=1S/C26H46O2/c1-3-4-5-6-7-8-9-10-11-12-13-14-15-16-17-18-19-20-21-22-23-24-25-26(27)28-2/h18-19H,3-17,20-21,24-25H2,1-2H3/b19-18-. The average molecular weight is 391 g/mol. The first-order valence-corrected chi connectivity index (χ1v) is 12.0. The third kappa shape index (κ3) is 22.8. The summed E-state index contributed by atoms with van der Waals surface area (Å²) in [5.74, 6) is 5.95. The van der Waals surface area contributed by atoms with Gasteiger partial charge in [-0.05, 0) is 19.3 Å². The van der Waals surface area contributed by atoms with Crippen LogP contribution in [0.15, 0.2) is 12.2 Å². The molecule has 0 heterocycles. The van der Waals surface area contributed by atoms with E-state index in [9.17, 15) is 4.79 Å². The van der Waals surface area contributed by atoms with Crippen LogP contribution in [0.4, 0.5) is 0 Å². The summed E-state index contributed by atoms with van der Waals surface area (Å²) in [7, 11) is 1.42. The molecule has 2 nitrogen and oxygen atoms in total. The van der Waals surface area contributed by atoms with Crippen molar-refractivity contribution in [3.05, 3.63) is 12.2 Å². The number of carbonyl (C=O) groups is 1. The number of unbranched alkanes of at least 4 members (excludes halogenated alkanes) is 15. The summed E-state index contributed by atoms with van der Waals surface area (Å²) in [6.07, 6.45) is 28.5. The van der Waals surface area contributed by atoms with Crippen LogP contribution in [0.1, 0.15) is 129 Å². The first-order valence-electron chi connectivity index (χ1n) is 12.0. The third-order valence-electron chi connectivity index (χ3n) is 5.13. The lowest BCUT2D eigenvalue weighted by molar-refractivity contribution is -0.140. The SMILES string of the molecule is CCCCCCCCCCCCCCCC/C=C\CCC#CCCC(=O)OC. The molecule has 0 aliphatic heterocycles. The molecule has 0 aromatic carbocycles. The Balaban J connectivity index is 3.18. The Morgan fingerprint density at radius 1 is 0.679 bits per heavy atom. The Morgan fingerprint density at radius 3 is 1.68 bits per heavy atom. The fourth-order valence-electron chi connectivity index (χ4n) is 3.29. The van der Waals surface area contributed by atoms with E-state index in [1.54, 1.807) is 0 Å². The van der Waals surface area contributed by atoms with Crippen LogP contribution in [-0.4, -0.2) is 13.1 Å². The normalized spacial score (nSPS) is 10.8. The van der Waals surface area contributed by atoms with E-state index in [-0.39, 0.29) is 5.97 Å². The molecule has 0 aliphatic carbocycles. The largest absolute Gasteiger partial charge is 0.469 e. The van der Waals surface area contributed by atoms with E-state index < -0.39 is 0 Å². The van der Waals surface area contributed by atoms with Crippen LogP contribution in [0, 0.1) is 11.8 Å². The summed E-state index contributed by atoms with van der Waals surface area (Å²) >= 11 is 0. The molecule has 0 spiro atoms. The Bertz CT molecular complexity index is 414. The van der Waals surface area contributed by atoms with Crippen LogP contribution in [0.2, 0.25) is 0 Å². The van der Waals surface area contributed by atoms with E-state index >= 15 is 0 Å². The Hall–Kier alpha value is -1.23. The van der Waals surface area contributed by atoms with E-state index in [1.165, 1.54) is 103 Å². The third-order valence-corrected chi connectivity index (χ3v) is 5.13. The van der Waals surface area contributed by atoms with E-state index in [4.69, 9.17) is 0 Å². The monoisotopic (exact) mass is 390 g/mol. The maximum absolute atomic E-state index is 10.9. The summed E-state index contributed by atoms with van der Waals surface area (Å²) in [5, 5.41) is 0. The molecule has 162 valence electrons. The van der Waals surface area contributed by atoms with E-state index in [2.05, 4.69) is 35.7 Å². The van der Waals surface area contributed by atoms with Crippen LogP contribution in [0.25, 0.3) is 0 Å². The minimum absolute atomic E-state index is 0.178. The van der Waals surface area contributed by atoms with Gasteiger partial charge in [0.05, 0.1) is 13.5 Å². The minimum Gasteiger partial charge on any atom is -0.469 e. The number of hydrogen-bond acceptors (Lipinski definition) is 2. The molecule has 0 fully saturated rings. The van der Waals surface area contributed by atoms with Crippen LogP contribution in [0.3, 0.4) is 0 Å². The Morgan fingerprint density at radius 2 is 1.14 bits per heavy atom. The molecule has 0 amide bonds. The highest BCUT2D eigenvalue weighted by Gasteiger charge is 1.95. The van der Waals surface area contributed by atoms with Crippen molar-refractivity contribution in [3.8, 4) is 11.8 Å². The van der Waals surface area contributed by atoms with Gasteiger partial charge in [-0.15, -0.1) is 11.8 Å². The molecule has 0 rings (SSSR count). The summed E-state index contributed by atoms with van der Waals surface area (Å²) in [5.41, 5.74) is 0. The average Bonchev–Trinajstić information content (AvgIpc) is 2.71. The predicted octanol–water partition coefficient (Wildman–Crippen LogP) is 8.15. The summed E-state index contributed by atoms with van der Waals surface area (Å²) in [6, 6.07) is 0. The van der Waals surface area contributed by atoms with Gasteiger partial charge in [-0.1, -0.05) is 103 Å². The fraction of sp³-hybridized carbons (Fsp3) is 0.808. The highest BCUT2D eigenvalue weighted by atomic mass is 16.5. The van der Waals surface area contributed by atoms with Gasteiger partial charge in [-0.25, -0.2) is 0 Å². The van der Waals surface area contributed by atoms with Crippen molar-refractivity contribution >= 4 is 5.97 Å². The van der Waals surface area contributed by atoms with Crippen LogP contribution < -0.4 is 0 Å². The van der Waals surface area contributed by atoms with Crippen molar-refractivity contribution in [3.63, 3.8) is 0 Å². The van der Waals surface area contributed by atoms with Gasteiger partial charge in [0, 0.05) is 12.8 Å². The summed E-state index contributed by atoms with van der Waals surface area (Å²) in [4.78, 5) is 10.9. The second kappa shape index (κ2) is 23.8. The number of methoxy groups -OCH3 is 1. The van der Waals surface area contributed by atoms with Gasteiger partial charge in [0.2, 0.25) is 0 Å². The van der Waals surface area contributed by atoms with Crippen molar-refractivity contribution < 1.29 is 9.53 Å². The molecule has 0 atom stereocenters. The van der Waals surface area contributed by atoms with Crippen molar-refractivity contribution in [1.82, 2.24) is 0 Å². The number of esters is 1.